The highest BCUT2D eigenvalue weighted by Gasteiger charge is 2.59. The first-order valence-corrected chi connectivity index (χ1v) is 7.57. The van der Waals surface area contributed by atoms with Crippen LogP contribution in [0.4, 0.5) is 0 Å². The number of rotatable bonds is 4. The molecule has 0 saturated heterocycles. The van der Waals surface area contributed by atoms with Crippen LogP contribution < -0.4 is 11.1 Å². The number of nitrogens with two attached hydrogens (primary N) is 1. The van der Waals surface area contributed by atoms with Gasteiger partial charge in [-0.3, -0.25) is 4.79 Å². The van der Waals surface area contributed by atoms with Crippen molar-refractivity contribution in [2.24, 2.45) is 35.3 Å². The van der Waals surface area contributed by atoms with Gasteiger partial charge in [0.1, 0.15) is 5.54 Å². The summed E-state index contributed by atoms with van der Waals surface area (Å²) in [7, 11) is 0. The van der Waals surface area contributed by atoms with Crippen LogP contribution in [0.25, 0.3) is 0 Å². The van der Waals surface area contributed by atoms with Gasteiger partial charge in [0.25, 0.3) is 0 Å². The fourth-order valence-electron chi connectivity index (χ4n) is 5.08. The summed E-state index contributed by atoms with van der Waals surface area (Å²) in [6.07, 6.45) is 6.30. The molecule has 4 saturated carbocycles. The molecule has 0 heterocycles. The summed E-state index contributed by atoms with van der Waals surface area (Å²) in [5.41, 5.74) is 5.46. The Balaban J connectivity index is 1.87. The maximum atomic E-state index is 12.2. The van der Waals surface area contributed by atoms with Gasteiger partial charge < -0.3 is 11.1 Å². The average molecular weight is 250 g/mol. The maximum Gasteiger partial charge on any atom is 0.238 e. The van der Waals surface area contributed by atoms with Crippen molar-refractivity contribution in [2.75, 3.05) is 6.54 Å². The molecule has 1 amide bonds. The predicted molar refractivity (Wildman–Crippen MR) is 71.8 cm³/mol. The third-order valence-corrected chi connectivity index (χ3v) is 5.64. The zero-order chi connectivity index (χ0) is 12.9. The molecule has 3 heteroatoms. The molecule has 0 spiro atoms. The van der Waals surface area contributed by atoms with E-state index in [2.05, 4.69) is 19.2 Å². The van der Waals surface area contributed by atoms with Crippen LogP contribution in [0.5, 0.6) is 0 Å². The molecule has 0 radical (unpaired) electrons. The first-order chi connectivity index (χ1) is 8.52. The van der Waals surface area contributed by atoms with Gasteiger partial charge in [0.2, 0.25) is 5.91 Å². The molecule has 4 fully saturated rings. The Bertz CT molecular complexity index is 322. The molecule has 4 aliphatic carbocycles. The second-order valence-electron chi connectivity index (χ2n) is 7.31. The van der Waals surface area contributed by atoms with Gasteiger partial charge in [0, 0.05) is 0 Å². The van der Waals surface area contributed by atoms with Crippen molar-refractivity contribution in [2.45, 2.75) is 51.5 Å². The van der Waals surface area contributed by atoms with Crippen molar-refractivity contribution in [1.29, 1.82) is 0 Å². The molecule has 102 valence electrons. The normalized spacial score (nSPS) is 45.7. The van der Waals surface area contributed by atoms with Crippen molar-refractivity contribution in [3.63, 3.8) is 0 Å². The number of nitrogens with one attached hydrogen (secondary N) is 1. The Labute approximate surface area is 110 Å². The third kappa shape index (κ3) is 1.70. The minimum absolute atomic E-state index is 0.0862. The van der Waals surface area contributed by atoms with Crippen LogP contribution in [0, 0.1) is 29.6 Å². The van der Waals surface area contributed by atoms with Crippen LogP contribution in [0.15, 0.2) is 0 Å². The SMILES string of the molecule is CC(C)CNC1(C(N)=O)C2CC3CC(C2)CC1C3. The topological polar surface area (TPSA) is 55.1 Å². The summed E-state index contributed by atoms with van der Waals surface area (Å²) in [4.78, 5) is 12.2. The van der Waals surface area contributed by atoms with Crippen LogP contribution >= 0.6 is 0 Å². The van der Waals surface area contributed by atoms with E-state index in [0.29, 0.717) is 17.8 Å². The Hall–Kier alpha value is -0.570. The Kier molecular flexibility index (Phi) is 2.92. The summed E-state index contributed by atoms with van der Waals surface area (Å²) in [5, 5.41) is 3.60. The zero-order valence-electron chi connectivity index (χ0n) is 11.6. The van der Waals surface area contributed by atoms with E-state index in [4.69, 9.17) is 5.73 Å². The minimum Gasteiger partial charge on any atom is -0.368 e. The van der Waals surface area contributed by atoms with Gasteiger partial charge in [-0.05, 0) is 68.2 Å². The smallest absolute Gasteiger partial charge is 0.238 e. The Morgan fingerprint density at radius 2 is 1.67 bits per heavy atom. The lowest BCUT2D eigenvalue weighted by molar-refractivity contribution is -0.143. The van der Waals surface area contributed by atoms with E-state index in [1.807, 2.05) is 0 Å². The number of carbonyl (C=O) groups excluding carboxylic acids is 1. The molecule has 0 unspecified atom stereocenters. The molecule has 4 bridgehead atoms. The standard InChI is InChI=1S/C15H26N2O/c1-9(2)8-17-15(14(16)18)12-4-10-3-11(6-12)7-13(15)5-10/h9-13,17H,3-8H2,1-2H3,(H2,16,18). The Morgan fingerprint density at radius 1 is 1.17 bits per heavy atom. The van der Waals surface area contributed by atoms with Crippen molar-refractivity contribution in [3.8, 4) is 0 Å². The maximum absolute atomic E-state index is 12.2. The molecule has 3 N–H and O–H groups in total. The van der Waals surface area contributed by atoms with E-state index in [1.54, 1.807) is 0 Å². The predicted octanol–water partition coefficient (Wildman–Crippen LogP) is 1.91. The quantitative estimate of drug-likeness (QED) is 0.801. The van der Waals surface area contributed by atoms with Gasteiger partial charge in [-0.15, -0.1) is 0 Å². The molecular formula is C15H26N2O. The highest BCUT2D eigenvalue weighted by Crippen LogP contribution is 2.58. The van der Waals surface area contributed by atoms with E-state index >= 15 is 0 Å². The number of primary amides is 1. The number of hydrogen-bond donors (Lipinski definition) is 2. The number of hydrogen-bond acceptors (Lipinski definition) is 2. The summed E-state index contributed by atoms with van der Waals surface area (Å²) in [6.45, 7) is 5.29. The largest absolute Gasteiger partial charge is 0.368 e. The summed E-state index contributed by atoms with van der Waals surface area (Å²) >= 11 is 0. The lowest BCUT2D eigenvalue weighted by atomic mass is 9.48. The van der Waals surface area contributed by atoms with E-state index < -0.39 is 0 Å². The zero-order valence-corrected chi connectivity index (χ0v) is 11.6. The van der Waals surface area contributed by atoms with Crippen LogP contribution in [0.1, 0.15) is 46.0 Å². The molecule has 0 atom stereocenters. The molecule has 0 aromatic carbocycles. The van der Waals surface area contributed by atoms with Gasteiger partial charge in [-0.1, -0.05) is 13.8 Å². The minimum atomic E-state index is -0.377. The Morgan fingerprint density at radius 3 is 2.06 bits per heavy atom. The van der Waals surface area contributed by atoms with Gasteiger partial charge >= 0.3 is 0 Å². The van der Waals surface area contributed by atoms with E-state index in [9.17, 15) is 4.79 Å². The summed E-state index contributed by atoms with van der Waals surface area (Å²) in [6, 6.07) is 0. The van der Waals surface area contributed by atoms with E-state index in [1.165, 1.54) is 32.1 Å². The van der Waals surface area contributed by atoms with Gasteiger partial charge in [0.15, 0.2) is 0 Å². The molecule has 4 rings (SSSR count). The first-order valence-electron chi connectivity index (χ1n) is 7.57. The van der Waals surface area contributed by atoms with Crippen molar-refractivity contribution >= 4 is 5.91 Å². The number of amides is 1. The monoisotopic (exact) mass is 250 g/mol. The van der Waals surface area contributed by atoms with Gasteiger partial charge in [-0.25, -0.2) is 0 Å². The molecule has 3 nitrogen and oxygen atoms in total. The van der Waals surface area contributed by atoms with Gasteiger partial charge in [0.05, 0.1) is 0 Å². The van der Waals surface area contributed by atoms with Gasteiger partial charge in [-0.2, -0.15) is 0 Å². The lowest BCUT2D eigenvalue weighted by Gasteiger charge is -2.60. The average Bonchev–Trinajstić information content (AvgIpc) is 2.26. The molecule has 0 aliphatic heterocycles. The first kappa shape index (κ1) is 12.5. The fraction of sp³-hybridized carbons (Fsp3) is 0.933. The molecular weight excluding hydrogens is 224 g/mol. The van der Waals surface area contributed by atoms with Crippen LogP contribution in [0.3, 0.4) is 0 Å². The summed E-state index contributed by atoms with van der Waals surface area (Å²) in [5.74, 6) is 3.24. The van der Waals surface area contributed by atoms with Crippen molar-refractivity contribution in [1.82, 2.24) is 5.32 Å². The highest BCUT2D eigenvalue weighted by atomic mass is 16.1. The molecule has 0 aromatic heterocycles. The van der Waals surface area contributed by atoms with Crippen molar-refractivity contribution < 1.29 is 4.79 Å². The second-order valence-corrected chi connectivity index (χ2v) is 7.31. The second kappa shape index (κ2) is 4.22. The fourth-order valence-corrected chi connectivity index (χ4v) is 5.08. The van der Waals surface area contributed by atoms with Crippen molar-refractivity contribution in [3.05, 3.63) is 0 Å². The molecule has 18 heavy (non-hydrogen) atoms. The van der Waals surface area contributed by atoms with E-state index in [0.717, 1.165) is 18.4 Å². The van der Waals surface area contributed by atoms with Crippen LogP contribution in [-0.2, 0) is 4.79 Å². The third-order valence-electron chi connectivity index (χ3n) is 5.64. The van der Waals surface area contributed by atoms with E-state index in [-0.39, 0.29) is 11.4 Å². The summed E-state index contributed by atoms with van der Waals surface area (Å²) < 4.78 is 0. The van der Waals surface area contributed by atoms with Crippen LogP contribution in [0.2, 0.25) is 0 Å². The molecule has 0 aromatic rings. The highest BCUT2D eigenvalue weighted by molar-refractivity contribution is 5.86. The molecule has 4 aliphatic rings. The number of carbonyl (C=O) groups is 1. The lowest BCUT2D eigenvalue weighted by Crippen LogP contribution is -2.71. The van der Waals surface area contributed by atoms with Crippen LogP contribution in [-0.4, -0.2) is 18.0 Å².